The van der Waals surface area contributed by atoms with Crippen LogP contribution < -0.4 is 10.0 Å². The highest BCUT2D eigenvalue weighted by atomic mass is 32.2. The van der Waals surface area contributed by atoms with E-state index in [0.29, 0.717) is 12.2 Å². The highest BCUT2D eigenvalue weighted by Gasteiger charge is 2.11. The van der Waals surface area contributed by atoms with Crippen LogP contribution in [0, 0.1) is 6.92 Å². The van der Waals surface area contributed by atoms with Gasteiger partial charge in [0.15, 0.2) is 5.82 Å². The topological polar surface area (TPSA) is 97.1 Å². The van der Waals surface area contributed by atoms with E-state index in [1.54, 1.807) is 6.92 Å². The maximum absolute atomic E-state index is 11.6. The Hall–Kier alpha value is -0.990. The predicted octanol–water partition coefficient (Wildman–Crippen LogP) is -0.203. The number of hydrogen-bond donors (Lipinski definition) is 2. The van der Waals surface area contributed by atoms with Crippen LogP contribution in [0.25, 0.3) is 0 Å². The van der Waals surface area contributed by atoms with E-state index in [9.17, 15) is 8.42 Å². The molecule has 98 valence electrons. The number of nitrogens with zero attached hydrogens (tertiary/aromatic N) is 2. The fraction of sp³-hybridized carbons (Fsp3) is 0.778. The Morgan fingerprint density at radius 1 is 1.35 bits per heavy atom. The van der Waals surface area contributed by atoms with Gasteiger partial charge in [-0.05, 0) is 33.4 Å². The molecule has 0 radical (unpaired) electrons. The van der Waals surface area contributed by atoms with Gasteiger partial charge in [-0.3, -0.25) is 0 Å². The van der Waals surface area contributed by atoms with Gasteiger partial charge in [0.25, 0.3) is 0 Å². The summed E-state index contributed by atoms with van der Waals surface area (Å²) >= 11 is 0. The van der Waals surface area contributed by atoms with Crippen LogP contribution in [0.4, 0.5) is 0 Å². The van der Waals surface area contributed by atoms with E-state index in [2.05, 4.69) is 20.2 Å². The van der Waals surface area contributed by atoms with Crippen molar-refractivity contribution < 1.29 is 12.9 Å². The Kier molecular flexibility index (Phi) is 5.52. The summed E-state index contributed by atoms with van der Waals surface area (Å²) in [6.45, 7) is 2.55. The first-order valence-electron chi connectivity index (χ1n) is 5.44. The van der Waals surface area contributed by atoms with Gasteiger partial charge in [-0.2, -0.15) is 4.98 Å². The zero-order chi connectivity index (χ0) is 12.7. The van der Waals surface area contributed by atoms with E-state index in [1.165, 1.54) is 0 Å². The summed E-state index contributed by atoms with van der Waals surface area (Å²) in [4.78, 5) is 3.91. The van der Waals surface area contributed by atoms with E-state index in [1.807, 2.05) is 7.05 Å². The maximum Gasteiger partial charge on any atom is 0.241 e. The predicted molar refractivity (Wildman–Crippen MR) is 62.8 cm³/mol. The number of rotatable bonds is 8. The average molecular weight is 262 g/mol. The monoisotopic (exact) mass is 262 g/mol. The molecule has 2 N–H and O–H groups in total. The number of aromatic nitrogens is 2. The van der Waals surface area contributed by atoms with Crippen LogP contribution in [0.2, 0.25) is 0 Å². The maximum atomic E-state index is 11.6. The van der Waals surface area contributed by atoms with Crippen molar-refractivity contribution in [3.63, 3.8) is 0 Å². The van der Waals surface area contributed by atoms with Crippen molar-refractivity contribution in [2.75, 3.05) is 19.3 Å². The lowest BCUT2D eigenvalue weighted by molar-refractivity contribution is 0.372. The van der Waals surface area contributed by atoms with Gasteiger partial charge in [0.05, 0.1) is 12.3 Å². The van der Waals surface area contributed by atoms with E-state index in [4.69, 9.17) is 4.52 Å². The van der Waals surface area contributed by atoms with Crippen molar-refractivity contribution in [3.8, 4) is 0 Å². The normalized spacial score (nSPS) is 11.9. The minimum Gasteiger partial charge on any atom is -0.338 e. The summed E-state index contributed by atoms with van der Waals surface area (Å²) in [5.74, 6) is 0.886. The van der Waals surface area contributed by atoms with Gasteiger partial charge in [-0.1, -0.05) is 5.16 Å². The summed E-state index contributed by atoms with van der Waals surface area (Å²) < 4.78 is 30.3. The molecule has 1 rings (SSSR count). The number of unbranched alkanes of at least 4 members (excludes halogenated alkanes) is 1. The molecule has 7 nitrogen and oxygen atoms in total. The number of nitrogens with one attached hydrogen (secondary N) is 2. The second kappa shape index (κ2) is 6.67. The molecular weight excluding hydrogens is 244 g/mol. The van der Waals surface area contributed by atoms with Crippen LogP contribution in [0.5, 0.6) is 0 Å². The lowest BCUT2D eigenvalue weighted by Crippen LogP contribution is -2.26. The molecule has 8 heteroatoms. The van der Waals surface area contributed by atoms with Crippen molar-refractivity contribution in [3.05, 3.63) is 11.7 Å². The molecule has 17 heavy (non-hydrogen) atoms. The van der Waals surface area contributed by atoms with E-state index in [0.717, 1.165) is 13.0 Å². The first-order chi connectivity index (χ1) is 8.03. The Balaban J connectivity index is 2.29. The molecule has 0 spiro atoms. The zero-order valence-electron chi connectivity index (χ0n) is 10.1. The Bertz CT molecular complexity index is 429. The fourth-order valence-corrected chi connectivity index (χ4v) is 2.32. The molecule has 0 unspecified atom stereocenters. The molecule has 1 heterocycles. The zero-order valence-corrected chi connectivity index (χ0v) is 10.9. The second-order valence-electron chi connectivity index (χ2n) is 3.69. The summed E-state index contributed by atoms with van der Waals surface area (Å²) in [6.07, 6.45) is 1.45. The molecule has 0 saturated heterocycles. The van der Waals surface area contributed by atoms with Crippen LogP contribution in [0.1, 0.15) is 24.6 Å². The molecule has 1 aromatic heterocycles. The van der Waals surface area contributed by atoms with Crippen LogP contribution in [0.3, 0.4) is 0 Å². The second-order valence-corrected chi connectivity index (χ2v) is 5.61. The quantitative estimate of drug-likeness (QED) is 0.630. The third-order valence-corrected chi connectivity index (χ3v) is 3.51. The molecule has 0 fully saturated rings. The Morgan fingerprint density at radius 3 is 2.71 bits per heavy atom. The molecule has 0 aliphatic heterocycles. The fourth-order valence-electron chi connectivity index (χ4n) is 1.25. The Morgan fingerprint density at radius 2 is 2.12 bits per heavy atom. The number of hydrogen-bond acceptors (Lipinski definition) is 6. The van der Waals surface area contributed by atoms with E-state index >= 15 is 0 Å². The molecule has 0 aromatic carbocycles. The number of aryl methyl sites for hydroxylation is 1. The summed E-state index contributed by atoms with van der Waals surface area (Å²) in [7, 11) is -1.42. The van der Waals surface area contributed by atoms with Crippen LogP contribution in [0.15, 0.2) is 4.52 Å². The highest BCUT2D eigenvalue weighted by molar-refractivity contribution is 7.89. The van der Waals surface area contributed by atoms with Gasteiger partial charge in [0.2, 0.25) is 15.9 Å². The molecule has 1 aromatic rings. The smallest absolute Gasteiger partial charge is 0.241 e. The first kappa shape index (κ1) is 14.1. The van der Waals surface area contributed by atoms with Gasteiger partial charge >= 0.3 is 0 Å². The summed E-state index contributed by atoms with van der Waals surface area (Å²) in [5.41, 5.74) is 0. The third kappa shape index (κ3) is 5.76. The van der Waals surface area contributed by atoms with Gasteiger partial charge in [-0.15, -0.1) is 0 Å². The SMILES string of the molecule is CNCCCCS(=O)(=O)NCc1nc(C)no1. The van der Waals surface area contributed by atoms with Gasteiger partial charge in [0.1, 0.15) is 0 Å². The molecule has 0 aliphatic carbocycles. The molecule has 0 amide bonds. The molecule has 0 bridgehead atoms. The lowest BCUT2D eigenvalue weighted by Gasteiger charge is -2.04. The van der Waals surface area contributed by atoms with E-state index in [-0.39, 0.29) is 18.2 Å². The van der Waals surface area contributed by atoms with Gasteiger partial charge < -0.3 is 9.84 Å². The average Bonchev–Trinajstić information content (AvgIpc) is 2.68. The van der Waals surface area contributed by atoms with Crippen LogP contribution >= 0.6 is 0 Å². The van der Waals surface area contributed by atoms with Gasteiger partial charge in [-0.25, -0.2) is 13.1 Å². The number of sulfonamides is 1. The summed E-state index contributed by atoms with van der Waals surface area (Å²) in [6, 6.07) is 0. The summed E-state index contributed by atoms with van der Waals surface area (Å²) in [5, 5.41) is 6.54. The highest BCUT2D eigenvalue weighted by Crippen LogP contribution is 1.98. The lowest BCUT2D eigenvalue weighted by atomic mass is 10.3. The minimum absolute atomic E-state index is 0.0508. The van der Waals surface area contributed by atoms with Crippen LogP contribution in [-0.2, 0) is 16.6 Å². The molecule has 0 aliphatic rings. The van der Waals surface area contributed by atoms with Crippen molar-refractivity contribution in [2.24, 2.45) is 0 Å². The molecule has 0 saturated carbocycles. The van der Waals surface area contributed by atoms with Crippen molar-refractivity contribution in [1.29, 1.82) is 0 Å². The molecular formula is C9H18N4O3S. The van der Waals surface area contributed by atoms with Crippen LogP contribution in [-0.4, -0.2) is 37.9 Å². The van der Waals surface area contributed by atoms with Crippen molar-refractivity contribution in [1.82, 2.24) is 20.2 Å². The minimum atomic E-state index is -3.26. The largest absolute Gasteiger partial charge is 0.338 e. The molecule has 0 atom stereocenters. The van der Waals surface area contributed by atoms with Crippen molar-refractivity contribution in [2.45, 2.75) is 26.3 Å². The first-order valence-corrected chi connectivity index (χ1v) is 7.10. The standard InChI is InChI=1S/C9H18N4O3S/c1-8-12-9(16-13-8)7-11-17(14,15)6-4-3-5-10-2/h10-11H,3-7H2,1-2H3. The van der Waals surface area contributed by atoms with Gasteiger partial charge in [0, 0.05) is 0 Å². The third-order valence-electron chi connectivity index (χ3n) is 2.10. The van der Waals surface area contributed by atoms with Crippen molar-refractivity contribution >= 4 is 10.0 Å². The Labute approximate surface area is 101 Å². The van der Waals surface area contributed by atoms with E-state index < -0.39 is 10.0 Å².